The van der Waals surface area contributed by atoms with E-state index in [1.54, 1.807) is 31.3 Å². The van der Waals surface area contributed by atoms with Crippen LogP contribution in [0.15, 0.2) is 12.3 Å². The van der Waals surface area contributed by atoms with Crippen molar-refractivity contribution >= 4 is 23.3 Å². The highest BCUT2D eigenvalue weighted by Gasteiger charge is 2.03. The summed E-state index contributed by atoms with van der Waals surface area (Å²) >= 11 is 5.60. The van der Waals surface area contributed by atoms with Gasteiger partial charge in [0.1, 0.15) is 5.82 Å². The first-order valence-electron chi connectivity index (χ1n) is 4.52. The van der Waals surface area contributed by atoms with Gasteiger partial charge in [-0.2, -0.15) is 0 Å². The van der Waals surface area contributed by atoms with Gasteiger partial charge in [-0.05, 0) is 17.7 Å². The Bertz CT molecular complexity index is 343. The third-order valence-corrected chi connectivity index (χ3v) is 1.95. The van der Waals surface area contributed by atoms with Crippen LogP contribution in [0.4, 0.5) is 5.82 Å². The number of halogens is 1. The molecule has 0 saturated carbocycles. The second-order valence-electron chi connectivity index (χ2n) is 3.18. The first-order chi connectivity index (χ1) is 7.09. The van der Waals surface area contributed by atoms with Crippen LogP contribution in [0, 0.1) is 0 Å². The Labute approximate surface area is 93.5 Å². The number of carbonyl (C=O) groups is 1. The highest BCUT2D eigenvalue weighted by Crippen LogP contribution is 2.05. The molecule has 0 fully saturated rings. The summed E-state index contributed by atoms with van der Waals surface area (Å²) < 4.78 is 0. The Morgan fingerprint density at radius 2 is 2.33 bits per heavy atom. The molecule has 1 aromatic heterocycles. The molecule has 0 aliphatic carbocycles. The molecule has 1 aromatic rings. The van der Waals surface area contributed by atoms with Crippen molar-refractivity contribution < 1.29 is 4.79 Å². The summed E-state index contributed by atoms with van der Waals surface area (Å²) in [6.45, 7) is 0.532. The Morgan fingerprint density at radius 1 is 1.60 bits per heavy atom. The summed E-state index contributed by atoms with van der Waals surface area (Å²) in [5.41, 5.74) is 0. The molecule has 6 heteroatoms. The molecule has 15 heavy (non-hydrogen) atoms. The zero-order valence-electron chi connectivity index (χ0n) is 8.70. The van der Waals surface area contributed by atoms with Crippen LogP contribution in [-0.2, 0) is 4.79 Å². The number of carbonyl (C=O) groups excluding carboxylic acids is 1. The second-order valence-corrected chi connectivity index (χ2v) is 3.51. The van der Waals surface area contributed by atoms with E-state index >= 15 is 0 Å². The van der Waals surface area contributed by atoms with Crippen molar-refractivity contribution in [1.82, 2.24) is 14.9 Å². The molecular weight excluding hydrogens is 216 g/mol. The molecule has 1 N–H and O–H groups in total. The van der Waals surface area contributed by atoms with Crippen LogP contribution in [0.3, 0.4) is 0 Å². The normalized spacial score (nSPS) is 9.80. The van der Waals surface area contributed by atoms with E-state index < -0.39 is 0 Å². The predicted octanol–water partition coefficient (Wildman–Crippen LogP) is 1.02. The van der Waals surface area contributed by atoms with Crippen molar-refractivity contribution in [1.29, 1.82) is 0 Å². The lowest BCUT2D eigenvalue weighted by Crippen LogP contribution is -2.24. The second kappa shape index (κ2) is 5.50. The molecule has 0 unspecified atom stereocenters. The summed E-state index contributed by atoms with van der Waals surface area (Å²) in [7, 11) is 3.45. The summed E-state index contributed by atoms with van der Waals surface area (Å²) in [6.07, 6.45) is 1.99. The van der Waals surface area contributed by atoms with Crippen LogP contribution < -0.4 is 5.32 Å². The summed E-state index contributed by atoms with van der Waals surface area (Å²) in [4.78, 5) is 20.5. The van der Waals surface area contributed by atoms with Gasteiger partial charge in [-0.25, -0.2) is 9.97 Å². The third-order valence-electron chi connectivity index (χ3n) is 1.77. The number of anilines is 1. The lowest BCUT2D eigenvalue weighted by atomic mass is 10.4. The van der Waals surface area contributed by atoms with Gasteiger partial charge in [0.15, 0.2) is 0 Å². The number of hydrogen-bond acceptors (Lipinski definition) is 4. The highest BCUT2D eigenvalue weighted by molar-refractivity contribution is 6.28. The highest BCUT2D eigenvalue weighted by atomic mass is 35.5. The molecule has 0 aromatic carbocycles. The molecule has 0 radical (unpaired) electrons. The summed E-state index contributed by atoms with van der Waals surface area (Å²) in [5.74, 6) is 0.698. The van der Waals surface area contributed by atoms with E-state index in [1.807, 2.05) is 0 Å². The van der Waals surface area contributed by atoms with E-state index in [2.05, 4.69) is 15.3 Å². The number of rotatable bonds is 4. The fourth-order valence-electron chi connectivity index (χ4n) is 0.954. The molecule has 5 nitrogen and oxygen atoms in total. The fourth-order valence-corrected chi connectivity index (χ4v) is 1.10. The fraction of sp³-hybridized carbons (Fsp3) is 0.444. The van der Waals surface area contributed by atoms with Crippen LogP contribution in [0.2, 0.25) is 5.28 Å². The van der Waals surface area contributed by atoms with Crippen molar-refractivity contribution in [2.24, 2.45) is 0 Å². The van der Waals surface area contributed by atoms with Crippen LogP contribution >= 0.6 is 11.6 Å². The van der Waals surface area contributed by atoms with Gasteiger partial charge in [0.2, 0.25) is 11.2 Å². The Morgan fingerprint density at radius 3 is 2.93 bits per heavy atom. The van der Waals surface area contributed by atoms with Crippen molar-refractivity contribution in [2.45, 2.75) is 6.42 Å². The van der Waals surface area contributed by atoms with E-state index in [-0.39, 0.29) is 11.2 Å². The smallest absolute Gasteiger partial charge is 0.224 e. The molecule has 1 heterocycles. The molecular formula is C9H13ClN4O. The van der Waals surface area contributed by atoms with E-state index in [0.717, 1.165) is 0 Å². The van der Waals surface area contributed by atoms with Crippen LogP contribution in [0.25, 0.3) is 0 Å². The standard InChI is InChI=1S/C9H13ClN4O/c1-14(2)8(15)4-6-11-7-3-5-12-9(10)13-7/h3,5H,4,6H2,1-2H3,(H,11,12,13). The van der Waals surface area contributed by atoms with E-state index in [0.29, 0.717) is 18.8 Å². The zero-order valence-corrected chi connectivity index (χ0v) is 9.45. The molecule has 1 rings (SSSR count). The minimum atomic E-state index is 0.0719. The first kappa shape index (κ1) is 11.7. The van der Waals surface area contributed by atoms with Gasteiger partial charge in [-0.3, -0.25) is 4.79 Å². The SMILES string of the molecule is CN(C)C(=O)CCNc1ccnc(Cl)n1. The van der Waals surface area contributed by atoms with Gasteiger partial charge in [0.05, 0.1) is 0 Å². The van der Waals surface area contributed by atoms with Gasteiger partial charge in [-0.15, -0.1) is 0 Å². The van der Waals surface area contributed by atoms with Gasteiger partial charge in [0, 0.05) is 33.3 Å². The number of hydrogen-bond donors (Lipinski definition) is 1. The average Bonchev–Trinajstić information content (AvgIpc) is 2.17. The number of nitrogens with one attached hydrogen (secondary N) is 1. The van der Waals surface area contributed by atoms with Gasteiger partial charge in [-0.1, -0.05) is 0 Å². The van der Waals surface area contributed by atoms with Crippen molar-refractivity contribution in [2.75, 3.05) is 26.0 Å². The number of aromatic nitrogens is 2. The zero-order chi connectivity index (χ0) is 11.3. The molecule has 0 saturated heterocycles. The van der Waals surface area contributed by atoms with Gasteiger partial charge >= 0.3 is 0 Å². The van der Waals surface area contributed by atoms with E-state index in [9.17, 15) is 4.79 Å². The molecule has 0 aliphatic rings. The lowest BCUT2D eigenvalue weighted by Gasteiger charge is -2.10. The molecule has 0 aliphatic heterocycles. The Hall–Kier alpha value is -1.36. The minimum Gasteiger partial charge on any atom is -0.369 e. The third kappa shape index (κ3) is 4.12. The minimum absolute atomic E-state index is 0.0719. The maximum atomic E-state index is 11.2. The van der Waals surface area contributed by atoms with E-state index in [1.165, 1.54) is 0 Å². The van der Waals surface area contributed by atoms with Gasteiger partial charge < -0.3 is 10.2 Å². The molecule has 1 amide bonds. The predicted molar refractivity (Wildman–Crippen MR) is 58.8 cm³/mol. The monoisotopic (exact) mass is 228 g/mol. The quantitative estimate of drug-likeness (QED) is 0.782. The first-order valence-corrected chi connectivity index (χ1v) is 4.90. The Kier molecular flexibility index (Phi) is 4.30. The van der Waals surface area contributed by atoms with Gasteiger partial charge in [0.25, 0.3) is 0 Å². The molecule has 0 atom stereocenters. The van der Waals surface area contributed by atoms with Crippen molar-refractivity contribution in [3.8, 4) is 0 Å². The molecule has 82 valence electrons. The van der Waals surface area contributed by atoms with Crippen LogP contribution in [0.5, 0.6) is 0 Å². The summed E-state index contributed by atoms with van der Waals surface area (Å²) in [6, 6.07) is 1.70. The summed E-state index contributed by atoms with van der Waals surface area (Å²) in [5, 5.41) is 3.18. The maximum Gasteiger partial charge on any atom is 0.224 e. The molecule has 0 spiro atoms. The number of nitrogens with zero attached hydrogens (tertiary/aromatic N) is 3. The van der Waals surface area contributed by atoms with Crippen molar-refractivity contribution in [3.63, 3.8) is 0 Å². The van der Waals surface area contributed by atoms with Crippen LogP contribution in [0.1, 0.15) is 6.42 Å². The topological polar surface area (TPSA) is 58.1 Å². The van der Waals surface area contributed by atoms with E-state index in [4.69, 9.17) is 11.6 Å². The Balaban J connectivity index is 2.35. The molecule has 0 bridgehead atoms. The maximum absolute atomic E-state index is 11.2. The van der Waals surface area contributed by atoms with Crippen LogP contribution in [-0.4, -0.2) is 41.4 Å². The largest absolute Gasteiger partial charge is 0.369 e. The lowest BCUT2D eigenvalue weighted by molar-refractivity contribution is -0.128. The number of amides is 1. The average molecular weight is 229 g/mol. The van der Waals surface area contributed by atoms with Crippen molar-refractivity contribution in [3.05, 3.63) is 17.5 Å².